The SMILES string of the molecule is CC[Si](CC)(CC)CC[C@]1(COC(=O)c2ccccc2)O[C@@H](n2cnc3c(N)nc(N)nc32)C[C@@H]1OC(=O)c1ccccc1. The molecule has 3 heterocycles. The first kappa shape index (κ1) is 31.1. The summed E-state index contributed by atoms with van der Waals surface area (Å²) in [6.45, 7) is 6.65. The van der Waals surface area contributed by atoms with Crippen LogP contribution in [0, 0.1) is 0 Å². The summed E-state index contributed by atoms with van der Waals surface area (Å²) >= 11 is 0. The first-order chi connectivity index (χ1) is 21.2. The lowest BCUT2D eigenvalue weighted by molar-refractivity contribution is -0.133. The molecule has 0 amide bonds. The number of imidazole rings is 1. The molecule has 0 saturated carbocycles. The second-order valence-corrected chi connectivity index (χ2v) is 17.0. The van der Waals surface area contributed by atoms with Gasteiger partial charge in [-0.1, -0.05) is 81.3 Å². The molecule has 4 aromatic rings. The Bertz CT molecular complexity index is 1590. The van der Waals surface area contributed by atoms with Gasteiger partial charge in [0.2, 0.25) is 5.95 Å². The van der Waals surface area contributed by atoms with Crippen LogP contribution in [0.15, 0.2) is 67.0 Å². The minimum Gasteiger partial charge on any atom is -0.459 e. The minimum absolute atomic E-state index is 0.00878. The third-order valence-electron chi connectivity index (χ3n) is 9.19. The number of nitrogens with two attached hydrogens (primary N) is 2. The van der Waals surface area contributed by atoms with E-state index in [0.717, 1.165) is 24.2 Å². The van der Waals surface area contributed by atoms with Crippen molar-refractivity contribution < 1.29 is 23.8 Å². The van der Waals surface area contributed by atoms with Crippen molar-refractivity contribution in [1.82, 2.24) is 19.5 Å². The maximum absolute atomic E-state index is 13.5. The predicted octanol–water partition coefficient (Wildman–Crippen LogP) is 5.63. The average Bonchev–Trinajstić information content (AvgIpc) is 3.63. The van der Waals surface area contributed by atoms with Gasteiger partial charge in [-0.25, -0.2) is 14.6 Å². The summed E-state index contributed by atoms with van der Waals surface area (Å²) in [4.78, 5) is 39.5. The average molecular weight is 617 g/mol. The normalized spacial score (nSPS) is 20.1. The lowest BCUT2D eigenvalue weighted by Crippen LogP contribution is -2.48. The highest BCUT2D eigenvalue weighted by Gasteiger charge is 2.54. The first-order valence-electron chi connectivity index (χ1n) is 15.1. The van der Waals surface area contributed by atoms with Gasteiger partial charge in [-0.15, -0.1) is 0 Å². The molecule has 5 rings (SSSR count). The number of hydrogen-bond acceptors (Lipinski definition) is 10. The quantitative estimate of drug-likeness (QED) is 0.151. The number of benzene rings is 2. The summed E-state index contributed by atoms with van der Waals surface area (Å²) in [6, 6.07) is 21.9. The Labute approximate surface area is 257 Å². The van der Waals surface area contributed by atoms with Crippen LogP contribution in [0.4, 0.5) is 11.8 Å². The minimum atomic E-state index is -1.67. The fraction of sp³-hybridized carbons (Fsp3) is 0.406. The van der Waals surface area contributed by atoms with Gasteiger partial charge in [-0.2, -0.15) is 9.97 Å². The van der Waals surface area contributed by atoms with Gasteiger partial charge in [-0.05, 0) is 30.7 Å². The van der Waals surface area contributed by atoms with Crippen molar-refractivity contribution in [1.29, 1.82) is 0 Å². The van der Waals surface area contributed by atoms with Crippen molar-refractivity contribution in [2.45, 2.75) is 75.7 Å². The van der Waals surface area contributed by atoms with E-state index in [1.54, 1.807) is 59.4 Å². The second kappa shape index (κ2) is 13.1. The zero-order valence-corrected chi connectivity index (χ0v) is 26.4. The highest BCUT2D eigenvalue weighted by molar-refractivity contribution is 6.79. The third-order valence-corrected chi connectivity index (χ3v) is 15.0. The molecule has 0 spiro atoms. The molecule has 44 heavy (non-hydrogen) atoms. The summed E-state index contributed by atoms with van der Waals surface area (Å²) in [5.74, 6) is -0.787. The molecule has 1 aliphatic rings. The van der Waals surface area contributed by atoms with Gasteiger partial charge in [0.1, 0.15) is 30.1 Å². The largest absolute Gasteiger partial charge is 0.459 e. The summed E-state index contributed by atoms with van der Waals surface area (Å²) in [7, 11) is -1.67. The first-order valence-corrected chi connectivity index (χ1v) is 18.0. The smallest absolute Gasteiger partial charge is 0.338 e. The van der Waals surface area contributed by atoms with E-state index in [1.807, 2.05) is 12.1 Å². The Morgan fingerprint density at radius 2 is 1.57 bits per heavy atom. The number of nitrogens with zero attached hydrogens (tertiary/aromatic N) is 4. The molecule has 0 aliphatic carbocycles. The van der Waals surface area contributed by atoms with Crippen molar-refractivity contribution in [2.24, 2.45) is 0 Å². The van der Waals surface area contributed by atoms with E-state index < -0.39 is 37.9 Å². The van der Waals surface area contributed by atoms with E-state index in [9.17, 15) is 9.59 Å². The van der Waals surface area contributed by atoms with Gasteiger partial charge < -0.3 is 25.7 Å². The number of nitrogen functional groups attached to an aromatic ring is 2. The zero-order valence-electron chi connectivity index (χ0n) is 25.4. The molecular weight excluding hydrogens is 576 g/mol. The standard InChI is InChI=1S/C32H40N6O5Si/c1-4-44(5-2,6-3)18-17-32(20-41-29(39)22-13-9-7-10-14-22)24(42-30(40)23-15-11-8-12-16-23)19-25(43-32)38-21-35-26-27(33)36-31(34)37-28(26)38/h7-16,21,24-25H,4-6,17-20H2,1-3H3,(H4,33,34,36,37)/t24-,25+,32+/m0/s1. The molecule has 11 nitrogen and oxygen atoms in total. The summed E-state index contributed by atoms with van der Waals surface area (Å²) < 4.78 is 20.8. The molecule has 1 fully saturated rings. The monoisotopic (exact) mass is 616 g/mol. The molecule has 0 bridgehead atoms. The van der Waals surface area contributed by atoms with Crippen molar-refractivity contribution in [2.75, 3.05) is 18.1 Å². The molecule has 1 saturated heterocycles. The molecule has 12 heteroatoms. The van der Waals surface area contributed by atoms with Crippen molar-refractivity contribution in [3.63, 3.8) is 0 Å². The predicted molar refractivity (Wildman–Crippen MR) is 171 cm³/mol. The van der Waals surface area contributed by atoms with Crippen LogP contribution in [0.1, 0.15) is 60.6 Å². The van der Waals surface area contributed by atoms with Crippen LogP contribution in [0.5, 0.6) is 0 Å². The molecule has 2 aromatic carbocycles. The summed E-state index contributed by atoms with van der Waals surface area (Å²) in [5.41, 5.74) is 12.5. The Balaban J connectivity index is 1.54. The Hall–Kier alpha value is -4.29. The third kappa shape index (κ3) is 6.31. The van der Waals surface area contributed by atoms with Crippen LogP contribution in [0.2, 0.25) is 24.2 Å². The van der Waals surface area contributed by atoms with E-state index in [2.05, 4.69) is 35.7 Å². The topological polar surface area (TPSA) is 157 Å². The highest BCUT2D eigenvalue weighted by Crippen LogP contribution is 2.45. The number of hydrogen-bond donors (Lipinski definition) is 2. The molecular formula is C32H40N6O5Si. The molecule has 1 aliphatic heterocycles. The molecule has 0 radical (unpaired) electrons. The highest BCUT2D eigenvalue weighted by atomic mass is 28.3. The number of carbonyl (C=O) groups excluding carboxylic acids is 2. The van der Waals surface area contributed by atoms with E-state index in [-0.39, 0.29) is 24.8 Å². The van der Waals surface area contributed by atoms with Crippen LogP contribution in [-0.4, -0.2) is 57.8 Å². The number of fused-ring (bicyclic) bond motifs is 1. The van der Waals surface area contributed by atoms with Gasteiger partial charge in [0.25, 0.3) is 0 Å². The van der Waals surface area contributed by atoms with Crippen molar-refractivity contribution in [3.05, 3.63) is 78.1 Å². The van der Waals surface area contributed by atoms with E-state index in [1.165, 1.54) is 0 Å². The number of aromatic nitrogens is 4. The van der Waals surface area contributed by atoms with Crippen LogP contribution in [-0.2, 0) is 14.2 Å². The summed E-state index contributed by atoms with van der Waals surface area (Å²) in [6.07, 6.45) is 1.00. The zero-order chi connectivity index (χ0) is 31.3. The number of esters is 2. The van der Waals surface area contributed by atoms with Gasteiger partial charge in [-0.3, -0.25) is 4.57 Å². The molecule has 232 valence electrons. The second-order valence-electron chi connectivity index (χ2n) is 11.4. The van der Waals surface area contributed by atoms with E-state index >= 15 is 0 Å². The number of carbonyl (C=O) groups is 2. The number of rotatable bonds is 12. The molecule has 0 unspecified atom stereocenters. The number of anilines is 2. The molecule has 3 atom stereocenters. The Kier molecular flexibility index (Phi) is 9.30. The lowest BCUT2D eigenvalue weighted by atomic mass is 9.94. The lowest BCUT2D eigenvalue weighted by Gasteiger charge is -2.37. The van der Waals surface area contributed by atoms with Gasteiger partial charge in [0.05, 0.1) is 25.5 Å². The van der Waals surface area contributed by atoms with E-state index in [0.29, 0.717) is 28.7 Å². The molecule has 2 aromatic heterocycles. The van der Waals surface area contributed by atoms with E-state index in [4.69, 9.17) is 25.7 Å². The van der Waals surface area contributed by atoms with Gasteiger partial charge in [0, 0.05) is 6.42 Å². The maximum atomic E-state index is 13.5. The number of ether oxygens (including phenoxy) is 3. The van der Waals surface area contributed by atoms with Crippen molar-refractivity contribution >= 4 is 42.9 Å². The van der Waals surface area contributed by atoms with Gasteiger partial charge >= 0.3 is 11.9 Å². The van der Waals surface area contributed by atoms with Crippen LogP contribution in [0.3, 0.4) is 0 Å². The fourth-order valence-electron chi connectivity index (χ4n) is 6.08. The van der Waals surface area contributed by atoms with Crippen molar-refractivity contribution in [3.8, 4) is 0 Å². The molecule has 4 N–H and O–H groups in total. The maximum Gasteiger partial charge on any atom is 0.338 e. The van der Waals surface area contributed by atoms with Crippen LogP contribution >= 0.6 is 0 Å². The van der Waals surface area contributed by atoms with Crippen LogP contribution < -0.4 is 11.5 Å². The Morgan fingerprint density at radius 1 is 0.955 bits per heavy atom. The summed E-state index contributed by atoms with van der Waals surface area (Å²) in [5, 5.41) is 0. The van der Waals surface area contributed by atoms with Crippen LogP contribution in [0.25, 0.3) is 11.2 Å². The Morgan fingerprint density at radius 3 is 2.18 bits per heavy atom. The fourth-order valence-corrected chi connectivity index (χ4v) is 9.59. The van der Waals surface area contributed by atoms with Gasteiger partial charge in [0.15, 0.2) is 11.5 Å².